The van der Waals surface area contributed by atoms with Gasteiger partial charge in [-0.3, -0.25) is 14.5 Å². The number of carbonyl (C=O) groups excluding carboxylic acids is 2. The van der Waals surface area contributed by atoms with Gasteiger partial charge in [0, 0.05) is 18.8 Å². The van der Waals surface area contributed by atoms with E-state index in [9.17, 15) is 9.59 Å². The number of rotatable bonds is 5. The van der Waals surface area contributed by atoms with Crippen LogP contribution in [0.2, 0.25) is 4.34 Å². The molecule has 2 heterocycles. The molecule has 2 rings (SSSR count). The van der Waals surface area contributed by atoms with Gasteiger partial charge < -0.3 is 0 Å². The second-order valence-corrected chi connectivity index (χ2v) is 6.67. The Kier molecular flexibility index (Phi) is 5.27. The monoisotopic (exact) mass is 340 g/mol. The Labute approximate surface area is 135 Å². The summed E-state index contributed by atoms with van der Waals surface area (Å²) in [5.74, 6) is -0.160. The van der Waals surface area contributed by atoms with E-state index < -0.39 is 0 Å². The lowest BCUT2D eigenvalue weighted by Crippen LogP contribution is -2.27. The van der Waals surface area contributed by atoms with Gasteiger partial charge in [-0.05, 0) is 31.2 Å². The summed E-state index contributed by atoms with van der Waals surface area (Å²) in [7, 11) is 0. The number of thiazole rings is 1. The second kappa shape index (κ2) is 6.98. The number of anilines is 1. The zero-order valence-electron chi connectivity index (χ0n) is 11.5. The number of halogens is 1. The highest BCUT2D eigenvalue weighted by Crippen LogP contribution is 2.23. The van der Waals surface area contributed by atoms with E-state index in [0.29, 0.717) is 26.6 Å². The lowest BCUT2D eigenvalue weighted by Gasteiger charge is -2.14. The SMILES string of the molecule is CCN(C(C)=O)c1nc(/C=C/C(=O)c2ccc(Cl)s2)cs1. The molecule has 0 fully saturated rings. The van der Waals surface area contributed by atoms with Crippen molar-refractivity contribution in [3.63, 3.8) is 0 Å². The average molecular weight is 341 g/mol. The summed E-state index contributed by atoms with van der Waals surface area (Å²) in [6.45, 7) is 3.96. The summed E-state index contributed by atoms with van der Waals surface area (Å²) >= 11 is 8.42. The predicted octanol–water partition coefficient (Wildman–Crippen LogP) is 4.13. The van der Waals surface area contributed by atoms with Gasteiger partial charge in [0.2, 0.25) is 5.91 Å². The normalized spacial score (nSPS) is 11.0. The first-order valence-electron chi connectivity index (χ1n) is 6.22. The smallest absolute Gasteiger partial charge is 0.225 e. The van der Waals surface area contributed by atoms with Crippen LogP contribution in [0.1, 0.15) is 29.2 Å². The van der Waals surface area contributed by atoms with Crippen molar-refractivity contribution in [2.45, 2.75) is 13.8 Å². The maximum atomic E-state index is 11.9. The highest BCUT2D eigenvalue weighted by molar-refractivity contribution is 7.18. The summed E-state index contributed by atoms with van der Waals surface area (Å²) in [6.07, 6.45) is 3.11. The molecule has 0 unspecified atom stereocenters. The highest BCUT2D eigenvalue weighted by atomic mass is 35.5. The van der Waals surface area contributed by atoms with Crippen LogP contribution in [-0.4, -0.2) is 23.2 Å². The Balaban J connectivity index is 2.10. The summed E-state index contributed by atoms with van der Waals surface area (Å²) in [5.41, 5.74) is 0.658. The van der Waals surface area contributed by atoms with Crippen molar-refractivity contribution in [2.75, 3.05) is 11.4 Å². The van der Waals surface area contributed by atoms with Crippen molar-refractivity contribution in [3.05, 3.63) is 38.5 Å². The van der Waals surface area contributed by atoms with E-state index in [4.69, 9.17) is 11.6 Å². The van der Waals surface area contributed by atoms with Gasteiger partial charge in [0.15, 0.2) is 10.9 Å². The van der Waals surface area contributed by atoms with Crippen LogP contribution in [0.4, 0.5) is 5.13 Å². The largest absolute Gasteiger partial charge is 0.289 e. The maximum Gasteiger partial charge on any atom is 0.225 e. The number of ketones is 1. The van der Waals surface area contributed by atoms with Crippen molar-refractivity contribution in [2.24, 2.45) is 0 Å². The minimum atomic E-state index is -0.111. The fraction of sp³-hybridized carbons (Fsp3) is 0.214. The third-order valence-electron chi connectivity index (χ3n) is 2.66. The topological polar surface area (TPSA) is 50.3 Å². The first-order valence-corrected chi connectivity index (χ1v) is 8.30. The van der Waals surface area contributed by atoms with Gasteiger partial charge in [0.1, 0.15) is 0 Å². The number of carbonyl (C=O) groups is 2. The Morgan fingerprint density at radius 3 is 2.76 bits per heavy atom. The molecule has 0 atom stereocenters. The van der Waals surface area contributed by atoms with E-state index >= 15 is 0 Å². The van der Waals surface area contributed by atoms with Crippen LogP contribution in [0.25, 0.3) is 6.08 Å². The molecule has 2 aromatic heterocycles. The number of allylic oxidation sites excluding steroid dienone is 1. The fourth-order valence-electron chi connectivity index (χ4n) is 1.66. The first kappa shape index (κ1) is 15.9. The molecule has 7 heteroatoms. The standard InChI is InChI=1S/C14H13ClN2O2S2/c1-3-17(9(2)18)14-16-10(8-20-14)4-5-11(19)12-6-7-13(15)21-12/h4-8H,3H2,1-2H3/b5-4+. The van der Waals surface area contributed by atoms with Crippen molar-refractivity contribution in [1.29, 1.82) is 0 Å². The average Bonchev–Trinajstić information content (AvgIpc) is 3.06. The van der Waals surface area contributed by atoms with Gasteiger partial charge >= 0.3 is 0 Å². The maximum absolute atomic E-state index is 11.9. The minimum absolute atomic E-state index is 0.0494. The van der Waals surface area contributed by atoms with E-state index in [1.54, 1.807) is 23.1 Å². The molecule has 0 aliphatic carbocycles. The van der Waals surface area contributed by atoms with Crippen LogP contribution >= 0.6 is 34.3 Å². The van der Waals surface area contributed by atoms with Gasteiger partial charge in [0.05, 0.1) is 14.9 Å². The van der Waals surface area contributed by atoms with Crippen LogP contribution in [0.3, 0.4) is 0 Å². The number of nitrogens with zero attached hydrogens (tertiary/aromatic N) is 2. The van der Waals surface area contributed by atoms with Crippen LogP contribution in [0, 0.1) is 0 Å². The van der Waals surface area contributed by atoms with Crippen molar-refractivity contribution < 1.29 is 9.59 Å². The molecule has 0 N–H and O–H groups in total. The number of amides is 1. The molecular weight excluding hydrogens is 328 g/mol. The lowest BCUT2D eigenvalue weighted by molar-refractivity contribution is -0.116. The van der Waals surface area contributed by atoms with E-state index in [2.05, 4.69) is 4.98 Å². The number of hydrogen-bond donors (Lipinski definition) is 0. The third-order valence-corrected chi connectivity index (χ3v) is 4.79. The summed E-state index contributed by atoms with van der Waals surface area (Å²) < 4.78 is 0.586. The van der Waals surface area contributed by atoms with E-state index in [1.807, 2.05) is 12.3 Å². The van der Waals surface area contributed by atoms with E-state index in [1.165, 1.54) is 35.7 Å². The molecule has 21 heavy (non-hydrogen) atoms. The number of thiophene rings is 1. The van der Waals surface area contributed by atoms with Gasteiger partial charge in [-0.15, -0.1) is 22.7 Å². The Morgan fingerprint density at radius 2 is 2.19 bits per heavy atom. The highest BCUT2D eigenvalue weighted by Gasteiger charge is 2.12. The van der Waals surface area contributed by atoms with Crippen LogP contribution in [-0.2, 0) is 4.79 Å². The van der Waals surface area contributed by atoms with Gasteiger partial charge in [0.25, 0.3) is 0 Å². The second-order valence-electron chi connectivity index (χ2n) is 4.12. The molecule has 0 saturated carbocycles. The van der Waals surface area contributed by atoms with Crippen LogP contribution < -0.4 is 4.90 Å². The summed E-state index contributed by atoms with van der Waals surface area (Å²) in [4.78, 5) is 29.9. The molecular formula is C14H13ClN2O2S2. The van der Waals surface area contributed by atoms with Gasteiger partial charge in [-0.25, -0.2) is 4.98 Å². The quantitative estimate of drug-likeness (QED) is 0.607. The number of hydrogen-bond acceptors (Lipinski definition) is 5. The molecule has 4 nitrogen and oxygen atoms in total. The predicted molar refractivity (Wildman–Crippen MR) is 88.5 cm³/mol. The summed E-state index contributed by atoms with van der Waals surface area (Å²) in [6, 6.07) is 3.39. The minimum Gasteiger partial charge on any atom is -0.289 e. The number of aromatic nitrogens is 1. The van der Waals surface area contributed by atoms with Crippen LogP contribution in [0.15, 0.2) is 23.6 Å². The van der Waals surface area contributed by atoms with Gasteiger partial charge in [-0.2, -0.15) is 0 Å². The molecule has 0 bridgehead atoms. The lowest BCUT2D eigenvalue weighted by atomic mass is 10.3. The zero-order chi connectivity index (χ0) is 15.4. The Morgan fingerprint density at radius 1 is 1.43 bits per heavy atom. The Hall–Kier alpha value is -1.50. The van der Waals surface area contributed by atoms with Crippen LogP contribution in [0.5, 0.6) is 0 Å². The van der Waals surface area contributed by atoms with E-state index in [0.717, 1.165) is 0 Å². The molecule has 0 aliphatic heterocycles. The van der Waals surface area contributed by atoms with E-state index in [-0.39, 0.29) is 11.7 Å². The van der Waals surface area contributed by atoms with Crippen molar-refractivity contribution >= 4 is 57.2 Å². The molecule has 0 radical (unpaired) electrons. The van der Waals surface area contributed by atoms with Crippen molar-refractivity contribution in [1.82, 2.24) is 4.98 Å². The fourth-order valence-corrected chi connectivity index (χ4v) is 3.52. The Bertz CT molecular complexity index is 691. The molecule has 1 amide bonds. The molecule has 2 aromatic rings. The van der Waals surface area contributed by atoms with Gasteiger partial charge in [-0.1, -0.05) is 11.6 Å². The zero-order valence-corrected chi connectivity index (χ0v) is 13.9. The molecule has 0 aliphatic rings. The molecule has 0 spiro atoms. The molecule has 0 saturated heterocycles. The first-order chi connectivity index (χ1) is 10.0. The third kappa shape index (κ3) is 4.00. The molecule has 0 aromatic carbocycles. The summed E-state index contributed by atoms with van der Waals surface area (Å²) in [5, 5.41) is 2.45. The van der Waals surface area contributed by atoms with Crippen molar-refractivity contribution in [3.8, 4) is 0 Å². The molecule has 110 valence electrons.